The molecule has 2 aromatic heterocycles. The Kier molecular flexibility index (Phi) is 5.76. The molecule has 0 aromatic carbocycles. The molecule has 0 unspecified atom stereocenters. The van der Waals surface area contributed by atoms with Gasteiger partial charge in [0.15, 0.2) is 0 Å². The van der Waals surface area contributed by atoms with Gasteiger partial charge in [0.2, 0.25) is 0 Å². The third-order valence-corrected chi connectivity index (χ3v) is 7.29. The van der Waals surface area contributed by atoms with E-state index >= 15 is 0 Å². The van der Waals surface area contributed by atoms with Gasteiger partial charge < -0.3 is 0 Å². The lowest BCUT2D eigenvalue weighted by Crippen LogP contribution is -2.25. The summed E-state index contributed by atoms with van der Waals surface area (Å²) in [5.74, 6) is 0.958. The second kappa shape index (κ2) is 6.97. The summed E-state index contributed by atoms with van der Waals surface area (Å²) in [4.78, 5) is 6.22. The van der Waals surface area contributed by atoms with Crippen LogP contribution in [0.5, 0.6) is 0 Å². The number of hydrogen-bond acceptors (Lipinski definition) is 5. The van der Waals surface area contributed by atoms with E-state index in [2.05, 4.69) is 79.7 Å². The molecule has 0 aliphatic rings. The molecule has 0 fully saturated rings. The van der Waals surface area contributed by atoms with Crippen LogP contribution in [0.3, 0.4) is 0 Å². The lowest BCUT2D eigenvalue weighted by molar-refractivity contribution is 0.368. The zero-order valence-corrected chi connectivity index (χ0v) is 19.8. The largest absolute Gasteiger partial charge is 0.223 e. The summed E-state index contributed by atoms with van der Waals surface area (Å²) in [5.41, 5.74) is 1.49. The number of rotatable bonds is 5. The molecule has 0 aliphatic carbocycles. The fraction of sp³-hybridized carbons (Fsp3) is 0.762. The zero-order chi connectivity index (χ0) is 20.0. The SMILES string of the molecule is CC(C)(C)c1nsc(C(C)(C)CCC(C)(C)c2cc(C(C)(C)C)sn2)n1. The maximum atomic E-state index is 4.86. The highest BCUT2D eigenvalue weighted by Gasteiger charge is 2.33. The van der Waals surface area contributed by atoms with Crippen LogP contribution >= 0.6 is 23.1 Å². The topological polar surface area (TPSA) is 38.7 Å². The summed E-state index contributed by atoms with van der Waals surface area (Å²) in [6.45, 7) is 22.5. The number of hydrogen-bond donors (Lipinski definition) is 0. The quantitative estimate of drug-likeness (QED) is 0.572. The van der Waals surface area contributed by atoms with Crippen LogP contribution in [0.2, 0.25) is 0 Å². The van der Waals surface area contributed by atoms with Crippen LogP contribution in [0, 0.1) is 0 Å². The van der Waals surface area contributed by atoms with E-state index in [1.807, 2.05) is 0 Å². The van der Waals surface area contributed by atoms with E-state index in [9.17, 15) is 0 Å². The molecule has 0 N–H and O–H groups in total. The van der Waals surface area contributed by atoms with E-state index in [1.165, 1.54) is 10.6 Å². The molecule has 0 atom stereocenters. The smallest absolute Gasteiger partial charge is 0.147 e. The van der Waals surface area contributed by atoms with Gasteiger partial charge in [0.1, 0.15) is 10.8 Å². The van der Waals surface area contributed by atoms with Gasteiger partial charge >= 0.3 is 0 Å². The van der Waals surface area contributed by atoms with E-state index in [4.69, 9.17) is 9.36 Å². The second-order valence-electron chi connectivity index (χ2n) is 10.8. The van der Waals surface area contributed by atoms with E-state index in [0.29, 0.717) is 0 Å². The lowest BCUT2D eigenvalue weighted by atomic mass is 9.77. The minimum atomic E-state index is 0.00799. The van der Waals surface area contributed by atoms with Crippen molar-refractivity contribution in [2.24, 2.45) is 0 Å². The highest BCUT2D eigenvalue weighted by molar-refractivity contribution is 7.06. The van der Waals surface area contributed by atoms with Gasteiger partial charge in [0.25, 0.3) is 0 Å². The van der Waals surface area contributed by atoms with Crippen molar-refractivity contribution in [2.75, 3.05) is 0 Å². The Morgan fingerprint density at radius 3 is 1.77 bits per heavy atom. The van der Waals surface area contributed by atoms with Crippen molar-refractivity contribution < 1.29 is 0 Å². The van der Waals surface area contributed by atoms with Gasteiger partial charge in [0.05, 0.1) is 5.69 Å². The Bertz CT molecular complexity index is 676. The first-order valence-electron chi connectivity index (χ1n) is 9.45. The summed E-state index contributed by atoms with van der Waals surface area (Å²) in [7, 11) is 0. The van der Waals surface area contributed by atoms with E-state index in [-0.39, 0.29) is 21.7 Å². The number of aromatic nitrogens is 3. The van der Waals surface area contributed by atoms with Crippen LogP contribution in [0.15, 0.2) is 6.07 Å². The molecule has 3 nitrogen and oxygen atoms in total. The Hall–Kier alpha value is -0.810. The molecule has 0 saturated heterocycles. The van der Waals surface area contributed by atoms with Gasteiger partial charge in [-0.1, -0.05) is 69.2 Å². The Morgan fingerprint density at radius 1 is 0.731 bits per heavy atom. The van der Waals surface area contributed by atoms with Crippen molar-refractivity contribution in [3.05, 3.63) is 27.5 Å². The van der Waals surface area contributed by atoms with Crippen molar-refractivity contribution in [1.29, 1.82) is 0 Å². The van der Waals surface area contributed by atoms with Crippen molar-refractivity contribution in [2.45, 2.75) is 104 Å². The Balaban J connectivity index is 2.12. The maximum absolute atomic E-state index is 4.86. The van der Waals surface area contributed by atoms with E-state index in [1.54, 1.807) is 23.1 Å². The Labute approximate surface area is 168 Å². The zero-order valence-electron chi connectivity index (χ0n) is 18.1. The molecule has 0 spiro atoms. The third kappa shape index (κ3) is 4.92. The number of nitrogens with zero attached hydrogens (tertiary/aromatic N) is 3. The van der Waals surface area contributed by atoms with Gasteiger partial charge in [-0.3, -0.25) is 0 Å². The average Bonchev–Trinajstić information content (AvgIpc) is 3.13. The minimum Gasteiger partial charge on any atom is -0.223 e. The van der Waals surface area contributed by atoms with Gasteiger partial charge in [-0.05, 0) is 47.4 Å². The van der Waals surface area contributed by atoms with Gasteiger partial charge in [-0.15, -0.1) is 0 Å². The van der Waals surface area contributed by atoms with Gasteiger partial charge in [0, 0.05) is 21.1 Å². The average molecular weight is 394 g/mol. The molecular weight excluding hydrogens is 358 g/mol. The van der Waals surface area contributed by atoms with Crippen LogP contribution in [-0.4, -0.2) is 13.7 Å². The maximum Gasteiger partial charge on any atom is 0.147 e. The molecule has 2 heterocycles. The standard InChI is InChI=1S/C21H35N3S2/c1-18(2,3)15-13-14(23-25-15)20(7,8)11-12-21(9,10)17-22-16(24-26-17)19(4,5)6/h13H,11-12H2,1-10H3. The minimum absolute atomic E-state index is 0.00799. The first-order chi connectivity index (χ1) is 11.6. The van der Waals surface area contributed by atoms with Gasteiger partial charge in [-0.25, -0.2) is 4.98 Å². The second-order valence-corrected chi connectivity index (χ2v) is 12.3. The van der Waals surface area contributed by atoms with E-state index in [0.717, 1.165) is 23.7 Å². The first kappa shape index (κ1) is 21.5. The molecule has 5 heteroatoms. The molecule has 0 saturated carbocycles. The molecule has 146 valence electrons. The van der Waals surface area contributed by atoms with Crippen LogP contribution in [0.4, 0.5) is 0 Å². The molecule has 2 aromatic rings. The predicted molar refractivity (Wildman–Crippen MR) is 115 cm³/mol. The third-order valence-electron chi connectivity index (χ3n) is 4.99. The van der Waals surface area contributed by atoms with Crippen LogP contribution in [0.25, 0.3) is 0 Å². The van der Waals surface area contributed by atoms with Crippen molar-refractivity contribution in [1.82, 2.24) is 13.7 Å². The van der Waals surface area contributed by atoms with Gasteiger partial charge in [-0.2, -0.15) is 8.75 Å². The van der Waals surface area contributed by atoms with Crippen LogP contribution in [0.1, 0.15) is 103 Å². The monoisotopic (exact) mass is 393 g/mol. The van der Waals surface area contributed by atoms with Crippen LogP contribution in [-0.2, 0) is 21.7 Å². The predicted octanol–water partition coefficient (Wildman–Crippen LogP) is 6.63. The lowest BCUT2D eigenvalue weighted by Gasteiger charge is -2.29. The van der Waals surface area contributed by atoms with E-state index < -0.39 is 0 Å². The fourth-order valence-corrected chi connectivity index (χ4v) is 4.51. The molecule has 26 heavy (non-hydrogen) atoms. The Morgan fingerprint density at radius 2 is 1.31 bits per heavy atom. The molecule has 0 aliphatic heterocycles. The summed E-state index contributed by atoms with van der Waals surface area (Å²) < 4.78 is 9.39. The molecular formula is C21H35N3S2. The molecule has 0 radical (unpaired) electrons. The normalized spacial score (nSPS) is 14.1. The summed E-state index contributed by atoms with van der Waals surface area (Å²) in [5, 5.41) is 1.15. The highest BCUT2D eigenvalue weighted by atomic mass is 32.1. The highest BCUT2D eigenvalue weighted by Crippen LogP contribution is 2.39. The van der Waals surface area contributed by atoms with Crippen molar-refractivity contribution in [3.8, 4) is 0 Å². The van der Waals surface area contributed by atoms with Crippen LogP contribution < -0.4 is 0 Å². The molecule has 2 rings (SSSR count). The van der Waals surface area contributed by atoms with Crippen molar-refractivity contribution >= 4 is 23.1 Å². The molecule has 0 bridgehead atoms. The first-order valence-corrected chi connectivity index (χ1v) is 11.0. The summed E-state index contributed by atoms with van der Waals surface area (Å²) in [6, 6.07) is 2.31. The molecule has 0 amide bonds. The summed E-state index contributed by atoms with van der Waals surface area (Å²) in [6.07, 6.45) is 2.15. The summed E-state index contributed by atoms with van der Waals surface area (Å²) >= 11 is 3.21. The van der Waals surface area contributed by atoms with Crippen molar-refractivity contribution in [3.63, 3.8) is 0 Å². The fourth-order valence-electron chi connectivity index (χ4n) is 2.61.